The number of nitrogens with two attached hydrogens (primary N) is 1. The number of anilines is 2. The Balaban J connectivity index is 2.04. The van der Waals surface area contributed by atoms with E-state index in [9.17, 15) is 0 Å². The van der Waals surface area contributed by atoms with Gasteiger partial charge in [0, 0.05) is 19.8 Å². The van der Waals surface area contributed by atoms with E-state index in [1.165, 1.54) is 25.7 Å². The van der Waals surface area contributed by atoms with Crippen LogP contribution < -0.4 is 10.6 Å². The van der Waals surface area contributed by atoms with Crippen molar-refractivity contribution in [1.29, 1.82) is 0 Å². The molecule has 0 aromatic carbocycles. The molecule has 1 aromatic rings. The fourth-order valence-corrected chi connectivity index (χ4v) is 2.60. The summed E-state index contributed by atoms with van der Waals surface area (Å²) in [5.41, 5.74) is 6.57. The van der Waals surface area contributed by atoms with E-state index in [4.69, 9.17) is 17.3 Å². The summed E-state index contributed by atoms with van der Waals surface area (Å²) in [5.74, 6) is 1.64. The van der Waals surface area contributed by atoms with Crippen LogP contribution in [-0.4, -0.2) is 18.6 Å². The molecule has 0 spiro atoms. The van der Waals surface area contributed by atoms with Gasteiger partial charge in [0.1, 0.15) is 0 Å². The van der Waals surface area contributed by atoms with Gasteiger partial charge in [0.2, 0.25) is 0 Å². The SMILES string of the molecule is CN(CC1CCCC1)c1ncc(Cl)cc1N. The van der Waals surface area contributed by atoms with Gasteiger partial charge in [-0.05, 0) is 24.8 Å². The van der Waals surface area contributed by atoms with Crippen molar-refractivity contribution in [3.8, 4) is 0 Å². The Labute approximate surface area is 102 Å². The number of hydrogen-bond acceptors (Lipinski definition) is 3. The van der Waals surface area contributed by atoms with Crippen molar-refractivity contribution >= 4 is 23.1 Å². The lowest BCUT2D eigenvalue weighted by molar-refractivity contribution is 0.545. The van der Waals surface area contributed by atoms with E-state index in [0.29, 0.717) is 10.7 Å². The Morgan fingerprint density at radius 1 is 1.50 bits per heavy atom. The van der Waals surface area contributed by atoms with Gasteiger partial charge in [0.05, 0.1) is 10.7 Å². The third kappa shape index (κ3) is 2.59. The predicted molar refractivity (Wildman–Crippen MR) is 68.9 cm³/mol. The first-order valence-electron chi connectivity index (χ1n) is 5.79. The Morgan fingerprint density at radius 2 is 2.19 bits per heavy atom. The highest BCUT2D eigenvalue weighted by Gasteiger charge is 2.18. The first kappa shape index (κ1) is 11.5. The highest BCUT2D eigenvalue weighted by atomic mass is 35.5. The van der Waals surface area contributed by atoms with E-state index < -0.39 is 0 Å². The van der Waals surface area contributed by atoms with E-state index in [1.807, 2.05) is 7.05 Å². The fourth-order valence-electron chi connectivity index (χ4n) is 2.43. The number of aromatic nitrogens is 1. The largest absolute Gasteiger partial charge is 0.396 e. The average molecular weight is 240 g/mol. The second-order valence-corrected chi connectivity index (χ2v) is 5.03. The highest BCUT2D eigenvalue weighted by Crippen LogP contribution is 2.28. The predicted octanol–water partition coefficient (Wildman–Crippen LogP) is 2.94. The van der Waals surface area contributed by atoms with Gasteiger partial charge >= 0.3 is 0 Å². The molecule has 1 aliphatic rings. The molecule has 88 valence electrons. The van der Waals surface area contributed by atoms with Crippen molar-refractivity contribution in [3.63, 3.8) is 0 Å². The lowest BCUT2D eigenvalue weighted by Gasteiger charge is -2.23. The second-order valence-electron chi connectivity index (χ2n) is 4.60. The molecular formula is C12H18ClN3. The lowest BCUT2D eigenvalue weighted by Crippen LogP contribution is -2.25. The number of halogens is 1. The highest BCUT2D eigenvalue weighted by molar-refractivity contribution is 6.30. The van der Waals surface area contributed by atoms with Crippen molar-refractivity contribution in [2.45, 2.75) is 25.7 Å². The normalized spacial score (nSPS) is 16.6. The molecule has 0 unspecified atom stereocenters. The minimum Gasteiger partial charge on any atom is -0.396 e. The maximum Gasteiger partial charge on any atom is 0.151 e. The summed E-state index contributed by atoms with van der Waals surface area (Å²) in [6.45, 7) is 1.04. The molecule has 16 heavy (non-hydrogen) atoms. The second kappa shape index (κ2) is 4.91. The summed E-state index contributed by atoms with van der Waals surface area (Å²) in [4.78, 5) is 6.43. The van der Waals surface area contributed by atoms with Crippen LogP contribution in [0.4, 0.5) is 11.5 Å². The molecule has 1 saturated carbocycles. The smallest absolute Gasteiger partial charge is 0.151 e. The molecule has 1 fully saturated rings. The molecule has 0 saturated heterocycles. The van der Waals surface area contributed by atoms with Gasteiger partial charge in [-0.25, -0.2) is 4.98 Å². The summed E-state index contributed by atoms with van der Waals surface area (Å²) in [6.07, 6.45) is 7.04. The summed E-state index contributed by atoms with van der Waals surface area (Å²) in [6, 6.07) is 1.76. The topological polar surface area (TPSA) is 42.2 Å². The zero-order valence-corrected chi connectivity index (χ0v) is 10.4. The van der Waals surface area contributed by atoms with Gasteiger partial charge < -0.3 is 10.6 Å². The standard InChI is InChI=1S/C12H18ClN3/c1-16(8-9-4-2-3-5-9)12-11(14)6-10(13)7-15-12/h6-7,9H,2-5,8,14H2,1H3. The van der Waals surface area contributed by atoms with Crippen molar-refractivity contribution in [2.24, 2.45) is 5.92 Å². The minimum atomic E-state index is 0.593. The van der Waals surface area contributed by atoms with Crippen molar-refractivity contribution < 1.29 is 0 Å². The maximum atomic E-state index is 5.91. The van der Waals surface area contributed by atoms with Crippen LogP contribution in [0.15, 0.2) is 12.3 Å². The third-order valence-corrected chi connectivity index (χ3v) is 3.44. The zero-order valence-electron chi connectivity index (χ0n) is 9.62. The number of pyridine rings is 1. The summed E-state index contributed by atoms with van der Waals surface area (Å²) in [5, 5.41) is 0.593. The summed E-state index contributed by atoms with van der Waals surface area (Å²) < 4.78 is 0. The molecule has 1 aromatic heterocycles. The quantitative estimate of drug-likeness (QED) is 0.882. The van der Waals surface area contributed by atoms with Crippen LogP contribution in [0.3, 0.4) is 0 Å². The zero-order chi connectivity index (χ0) is 11.5. The van der Waals surface area contributed by atoms with Gasteiger partial charge in [0.15, 0.2) is 5.82 Å². The third-order valence-electron chi connectivity index (χ3n) is 3.23. The van der Waals surface area contributed by atoms with Crippen LogP contribution in [0.1, 0.15) is 25.7 Å². The average Bonchev–Trinajstić information content (AvgIpc) is 2.70. The van der Waals surface area contributed by atoms with Crippen molar-refractivity contribution in [2.75, 3.05) is 24.2 Å². The van der Waals surface area contributed by atoms with Crippen LogP contribution in [0.5, 0.6) is 0 Å². The van der Waals surface area contributed by atoms with Crippen molar-refractivity contribution in [3.05, 3.63) is 17.3 Å². The number of hydrogen-bond donors (Lipinski definition) is 1. The van der Waals surface area contributed by atoms with E-state index in [2.05, 4.69) is 9.88 Å². The number of nitrogen functional groups attached to an aromatic ring is 1. The molecule has 0 atom stereocenters. The first-order valence-corrected chi connectivity index (χ1v) is 6.17. The number of nitrogens with zero attached hydrogens (tertiary/aromatic N) is 2. The molecule has 0 radical (unpaired) electrons. The molecule has 0 bridgehead atoms. The molecule has 1 aliphatic carbocycles. The molecule has 1 heterocycles. The van der Waals surface area contributed by atoms with Crippen LogP contribution in [-0.2, 0) is 0 Å². The Kier molecular flexibility index (Phi) is 3.54. The number of rotatable bonds is 3. The molecule has 2 N–H and O–H groups in total. The molecule has 0 amide bonds. The van der Waals surface area contributed by atoms with E-state index in [-0.39, 0.29) is 0 Å². The van der Waals surface area contributed by atoms with E-state index >= 15 is 0 Å². The molecule has 0 aliphatic heterocycles. The molecule has 4 heteroatoms. The van der Waals surface area contributed by atoms with Gasteiger partial charge in [0.25, 0.3) is 0 Å². The Morgan fingerprint density at radius 3 is 2.81 bits per heavy atom. The summed E-state index contributed by atoms with van der Waals surface area (Å²) in [7, 11) is 2.05. The molecule has 2 rings (SSSR count). The van der Waals surface area contributed by atoms with Gasteiger partial charge in [-0.1, -0.05) is 24.4 Å². The van der Waals surface area contributed by atoms with Gasteiger partial charge in [-0.2, -0.15) is 0 Å². The first-order chi connectivity index (χ1) is 7.66. The maximum absolute atomic E-state index is 5.91. The Hall–Kier alpha value is -0.960. The van der Waals surface area contributed by atoms with E-state index in [1.54, 1.807) is 12.3 Å². The van der Waals surface area contributed by atoms with Crippen LogP contribution in [0, 0.1) is 5.92 Å². The fraction of sp³-hybridized carbons (Fsp3) is 0.583. The van der Waals surface area contributed by atoms with E-state index in [0.717, 1.165) is 18.3 Å². The van der Waals surface area contributed by atoms with Gasteiger partial charge in [-0.3, -0.25) is 0 Å². The van der Waals surface area contributed by atoms with Crippen LogP contribution in [0.2, 0.25) is 5.02 Å². The lowest BCUT2D eigenvalue weighted by atomic mass is 10.1. The van der Waals surface area contributed by atoms with Gasteiger partial charge in [-0.15, -0.1) is 0 Å². The molecule has 3 nitrogen and oxygen atoms in total. The van der Waals surface area contributed by atoms with Crippen LogP contribution in [0.25, 0.3) is 0 Å². The monoisotopic (exact) mass is 239 g/mol. The van der Waals surface area contributed by atoms with Crippen molar-refractivity contribution in [1.82, 2.24) is 4.98 Å². The van der Waals surface area contributed by atoms with Crippen LogP contribution >= 0.6 is 11.6 Å². The Bertz CT molecular complexity index is 361. The molecular weight excluding hydrogens is 222 g/mol. The summed E-state index contributed by atoms with van der Waals surface area (Å²) >= 11 is 5.83. The minimum absolute atomic E-state index is 0.593.